The molecule has 4 aliphatic carbocycles. The number of carbonyl (C=O) groups excluding carboxylic acids is 1. The van der Waals surface area contributed by atoms with E-state index in [-0.39, 0.29) is 11.9 Å². The van der Waals surface area contributed by atoms with E-state index in [1.54, 1.807) is 0 Å². The Morgan fingerprint density at radius 2 is 1.64 bits per heavy atom. The zero-order valence-electron chi connectivity index (χ0n) is 20.0. The molecule has 7 rings (SSSR count). The van der Waals surface area contributed by atoms with E-state index >= 15 is 0 Å². The van der Waals surface area contributed by atoms with Crippen molar-refractivity contribution in [1.29, 1.82) is 0 Å². The molecule has 0 saturated heterocycles. The minimum Gasteiger partial charge on any atom is -0.349 e. The number of hydrogen-bond acceptors (Lipinski definition) is 2. The summed E-state index contributed by atoms with van der Waals surface area (Å²) >= 11 is 0. The van der Waals surface area contributed by atoms with Crippen LogP contribution < -0.4 is 5.32 Å². The summed E-state index contributed by atoms with van der Waals surface area (Å²) in [6.45, 7) is 6.49. The van der Waals surface area contributed by atoms with Crippen LogP contribution in [0.4, 0.5) is 0 Å². The summed E-state index contributed by atoms with van der Waals surface area (Å²) in [5, 5.41) is 4.41. The van der Waals surface area contributed by atoms with Gasteiger partial charge in [0.15, 0.2) is 0 Å². The van der Waals surface area contributed by atoms with Crippen LogP contribution in [0.2, 0.25) is 0 Å². The van der Waals surface area contributed by atoms with Crippen LogP contribution in [-0.2, 0) is 0 Å². The number of fused-ring (bicyclic) bond motifs is 1. The third-order valence-electron chi connectivity index (χ3n) is 8.97. The van der Waals surface area contributed by atoms with Crippen molar-refractivity contribution in [3.63, 3.8) is 0 Å². The standard InChI is InChI=1S/C30H34N2O/c1-18-8-9-24(19(2)10-18)28-14-26(25-6-4-5-7-27(25)32-28)29(33)31-20(3)30-15-21-11-22(16-30)13-23(12-21)17-30/h4-10,14,20-23H,11-13,15-17H2,1-3H3,(H,31,33). The maximum atomic E-state index is 13.7. The van der Waals surface area contributed by atoms with Gasteiger partial charge in [0.1, 0.15) is 0 Å². The highest BCUT2D eigenvalue weighted by Gasteiger charge is 2.53. The Hall–Kier alpha value is -2.68. The summed E-state index contributed by atoms with van der Waals surface area (Å²) in [5.74, 6) is 2.69. The molecule has 4 saturated carbocycles. The first kappa shape index (κ1) is 20.9. The maximum Gasteiger partial charge on any atom is 0.252 e. The largest absolute Gasteiger partial charge is 0.349 e. The van der Waals surface area contributed by atoms with Gasteiger partial charge < -0.3 is 5.32 Å². The summed E-state index contributed by atoms with van der Waals surface area (Å²) in [4.78, 5) is 18.7. The molecule has 1 N–H and O–H groups in total. The molecule has 4 fully saturated rings. The van der Waals surface area contributed by atoms with Crippen molar-refractivity contribution >= 4 is 16.8 Å². The highest BCUT2D eigenvalue weighted by atomic mass is 16.1. The average Bonchev–Trinajstić information content (AvgIpc) is 2.77. The zero-order valence-corrected chi connectivity index (χ0v) is 20.0. The molecule has 0 radical (unpaired) electrons. The molecule has 33 heavy (non-hydrogen) atoms. The molecule has 1 heterocycles. The lowest BCUT2D eigenvalue weighted by molar-refractivity contribution is -0.0687. The Labute approximate surface area is 197 Å². The van der Waals surface area contributed by atoms with E-state index in [9.17, 15) is 4.79 Å². The lowest BCUT2D eigenvalue weighted by atomic mass is 9.48. The number of aryl methyl sites for hydroxylation is 2. The molecule has 1 unspecified atom stereocenters. The van der Waals surface area contributed by atoms with Gasteiger partial charge in [-0.25, -0.2) is 4.98 Å². The minimum atomic E-state index is 0.0443. The molecule has 3 aromatic rings. The topological polar surface area (TPSA) is 42.0 Å². The quantitative estimate of drug-likeness (QED) is 0.484. The normalized spacial score (nSPS) is 28.8. The van der Waals surface area contributed by atoms with Crippen LogP contribution >= 0.6 is 0 Å². The van der Waals surface area contributed by atoms with Crippen molar-refractivity contribution in [2.24, 2.45) is 23.2 Å². The van der Waals surface area contributed by atoms with Gasteiger partial charge in [-0.1, -0.05) is 42.0 Å². The third kappa shape index (κ3) is 3.57. The van der Waals surface area contributed by atoms with Crippen LogP contribution in [-0.4, -0.2) is 16.9 Å². The molecule has 4 aliphatic rings. The van der Waals surface area contributed by atoms with Gasteiger partial charge in [-0.2, -0.15) is 0 Å². The number of nitrogens with one attached hydrogen (secondary N) is 1. The molecule has 4 bridgehead atoms. The number of para-hydroxylation sites is 1. The Kier molecular flexibility index (Phi) is 4.87. The van der Waals surface area contributed by atoms with E-state index in [0.717, 1.165) is 45.5 Å². The van der Waals surface area contributed by atoms with E-state index in [1.807, 2.05) is 30.3 Å². The maximum absolute atomic E-state index is 13.7. The molecule has 0 aliphatic heterocycles. The van der Waals surface area contributed by atoms with Gasteiger partial charge in [0, 0.05) is 17.0 Å². The predicted molar refractivity (Wildman–Crippen MR) is 134 cm³/mol. The van der Waals surface area contributed by atoms with Crippen molar-refractivity contribution in [2.75, 3.05) is 0 Å². The van der Waals surface area contributed by atoms with Crippen molar-refractivity contribution in [3.8, 4) is 11.3 Å². The average molecular weight is 439 g/mol. The molecule has 2 aromatic carbocycles. The summed E-state index contributed by atoms with van der Waals surface area (Å²) in [5.41, 5.74) is 6.30. The van der Waals surface area contributed by atoms with E-state index < -0.39 is 0 Å². The zero-order chi connectivity index (χ0) is 22.7. The first-order valence-corrected chi connectivity index (χ1v) is 12.7. The monoisotopic (exact) mass is 438 g/mol. The van der Waals surface area contributed by atoms with Gasteiger partial charge in [0.2, 0.25) is 0 Å². The molecule has 170 valence electrons. The molecule has 0 spiro atoms. The van der Waals surface area contributed by atoms with Crippen molar-refractivity contribution in [1.82, 2.24) is 10.3 Å². The fraction of sp³-hybridized carbons (Fsp3) is 0.467. The molecule has 1 atom stereocenters. The van der Waals surface area contributed by atoms with Gasteiger partial charge >= 0.3 is 0 Å². The van der Waals surface area contributed by atoms with Crippen molar-refractivity contribution < 1.29 is 4.79 Å². The van der Waals surface area contributed by atoms with E-state index in [1.165, 1.54) is 49.7 Å². The second-order valence-electron chi connectivity index (χ2n) is 11.4. The number of carbonyl (C=O) groups is 1. The van der Waals surface area contributed by atoms with Crippen LogP contribution in [0.25, 0.3) is 22.2 Å². The predicted octanol–water partition coefficient (Wildman–Crippen LogP) is 6.85. The number of pyridine rings is 1. The Bertz CT molecular complexity index is 1210. The lowest BCUT2D eigenvalue weighted by Crippen LogP contribution is -2.55. The number of aromatic nitrogens is 1. The molecule has 3 nitrogen and oxygen atoms in total. The number of benzene rings is 2. The summed E-state index contributed by atoms with van der Waals surface area (Å²) in [7, 11) is 0. The minimum absolute atomic E-state index is 0.0443. The summed E-state index contributed by atoms with van der Waals surface area (Å²) < 4.78 is 0. The van der Waals surface area contributed by atoms with Crippen molar-refractivity contribution in [2.45, 2.75) is 65.3 Å². The van der Waals surface area contributed by atoms with Crippen LogP contribution in [0, 0.1) is 37.0 Å². The first-order chi connectivity index (χ1) is 15.9. The van der Waals surface area contributed by atoms with Gasteiger partial charge in [0.05, 0.1) is 16.8 Å². The fourth-order valence-corrected chi connectivity index (χ4v) is 7.74. The first-order valence-electron chi connectivity index (χ1n) is 12.7. The second-order valence-corrected chi connectivity index (χ2v) is 11.4. The van der Waals surface area contributed by atoms with E-state index in [0.29, 0.717) is 5.41 Å². The molecule has 1 aromatic heterocycles. The van der Waals surface area contributed by atoms with Gasteiger partial charge in [0.25, 0.3) is 5.91 Å². The number of amides is 1. The van der Waals surface area contributed by atoms with Crippen LogP contribution in [0.3, 0.4) is 0 Å². The summed E-state index contributed by atoms with van der Waals surface area (Å²) in [6, 6.07) is 16.7. The smallest absolute Gasteiger partial charge is 0.252 e. The van der Waals surface area contributed by atoms with Crippen molar-refractivity contribution in [3.05, 3.63) is 65.2 Å². The highest BCUT2D eigenvalue weighted by Crippen LogP contribution is 2.61. The van der Waals surface area contributed by atoms with Crippen LogP contribution in [0.1, 0.15) is 66.9 Å². The van der Waals surface area contributed by atoms with Crippen LogP contribution in [0.15, 0.2) is 48.5 Å². The molecule has 3 heteroatoms. The number of hydrogen-bond donors (Lipinski definition) is 1. The van der Waals surface area contributed by atoms with E-state index in [4.69, 9.17) is 4.98 Å². The van der Waals surface area contributed by atoms with E-state index in [2.05, 4.69) is 44.3 Å². The SMILES string of the molecule is Cc1ccc(-c2cc(C(=O)NC(C)C34CC5CC(CC(C5)C3)C4)c3ccccc3n2)c(C)c1. The van der Waals surface area contributed by atoms with Gasteiger partial charge in [-0.3, -0.25) is 4.79 Å². The number of rotatable bonds is 4. The Balaban J connectivity index is 1.35. The Morgan fingerprint density at radius 1 is 0.970 bits per heavy atom. The third-order valence-corrected chi connectivity index (χ3v) is 8.97. The number of nitrogens with zero attached hydrogens (tertiary/aromatic N) is 1. The second kappa shape index (κ2) is 7.68. The molecule has 1 amide bonds. The lowest BCUT2D eigenvalue weighted by Gasteiger charge is -2.59. The van der Waals surface area contributed by atoms with Gasteiger partial charge in [-0.15, -0.1) is 0 Å². The van der Waals surface area contributed by atoms with Crippen LogP contribution in [0.5, 0.6) is 0 Å². The summed E-state index contributed by atoms with van der Waals surface area (Å²) in [6.07, 6.45) is 8.17. The molecular formula is C30H34N2O. The highest BCUT2D eigenvalue weighted by molar-refractivity contribution is 6.07. The Morgan fingerprint density at radius 3 is 2.30 bits per heavy atom. The fourth-order valence-electron chi connectivity index (χ4n) is 7.74. The molecular weight excluding hydrogens is 404 g/mol. The van der Waals surface area contributed by atoms with Gasteiger partial charge in [-0.05, 0) is 100 Å².